The van der Waals surface area contributed by atoms with Crippen molar-refractivity contribution in [3.05, 3.63) is 29.7 Å². The fourth-order valence-electron chi connectivity index (χ4n) is 7.60. The summed E-state index contributed by atoms with van der Waals surface area (Å²) in [5.74, 6) is 7.06. The third-order valence-corrected chi connectivity index (χ3v) is 8.91. The lowest BCUT2D eigenvalue weighted by Gasteiger charge is -2.58. The van der Waals surface area contributed by atoms with Crippen molar-refractivity contribution in [2.24, 2.45) is 23.7 Å². The van der Waals surface area contributed by atoms with Crippen LogP contribution in [0.2, 0.25) is 0 Å². The lowest BCUT2D eigenvalue weighted by Crippen LogP contribution is -2.60. The number of nitrogens with zero attached hydrogens (tertiary/aromatic N) is 3. The molecule has 2 aromatic rings. The molecule has 7 rings (SSSR count). The molecule has 4 aliphatic carbocycles. The van der Waals surface area contributed by atoms with E-state index in [0.717, 1.165) is 77.9 Å². The summed E-state index contributed by atoms with van der Waals surface area (Å²) in [7, 11) is 3.34. The Balaban J connectivity index is 1.11. The smallest absolute Gasteiger partial charge is 0.230 e. The van der Waals surface area contributed by atoms with Crippen LogP contribution >= 0.6 is 0 Å². The third kappa shape index (κ3) is 3.95. The minimum atomic E-state index is 0.602. The number of aromatic nitrogens is 1. The van der Waals surface area contributed by atoms with Gasteiger partial charge in [0, 0.05) is 38.8 Å². The van der Waals surface area contributed by atoms with Crippen molar-refractivity contribution >= 4 is 0 Å². The number of methoxy groups -OCH3 is 2. The summed E-state index contributed by atoms with van der Waals surface area (Å²) in [5.41, 5.74) is 1.86. The third-order valence-electron chi connectivity index (χ3n) is 8.91. The van der Waals surface area contributed by atoms with Crippen LogP contribution in [0.15, 0.2) is 22.6 Å². The van der Waals surface area contributed by atoms with Crippen LogP contribution in [0.3, 0.4) is 0 Å². The molecule has 0 atom stereocenters. The molecule has 2 heterocycles. The Morgan fingerprint density at radius 2 is 1.64 bits per heavy atom. The van der Waals surface area contributed by atoms with Gasteiger partial charge in [0.05, 0.1) is 25.5 Å². The number of hydrogen-bond acceptors (Lipinski definition) is 6. The number of hydrogen-bond donors (Lipinski definition) is 0. The van der Waals surface area contributed by atoms with Gasteiger partial charge in [0.2, 0.25) is 5.89 Å². The zero-order valence-electron chi connectivity index (χ0n) is 20.3. The first kappa shape index (κ1) is 21.5. The molecule has 0 unspecified atom stereocenters. The summed E-state index contributed by atoms with van der Waals surface area (Å²) >= 11 is 0. The van der Waals surface area contributed by atoms with E-state index in [1.807, 2.05) is 25.1 Å². The largest absolute Gasteiger partial charge is 0.497 e. The van der Waals surface area contributed by atoms with Crippen molar-refractivity contribution in [1.82, 2.24) is 14.8 Å². The van der Waals surface area contributed by atoms with Gasteiger partial charge in [0.15, 0.2) is 0 Å². The van der Waals surface area contributed by atoms with Crippen LogP contribution in [0, 0.1) is 30.6 Å². The zero-order valence-corrected chi connectivity index (χ0v) is 20.3. The van der Waals surface area contributed by atoms with Crippen LogP contribution in [-0.2, 0) is 6.54 Å². The monoisotopic (exact) mass is 451 g/mol. The van der Waals surface area contributed by atoms with E-state index < -0.39 is 0 Å². The van der Waals surface area contributed by atoms with E-state index in [-0.39, 0.29) is 0 Å². The summed E-state index contributed by atoms with van der Waals surface area (Å²) in [5, 5.41) is 0. The van der Waals surface area contributed by atoms with Crippen LogP contribution in [0.4, 0.5) is 0 Å². The van der Waals surface area contributed by atoms with Crippen LogP contribution in [0.25, 0.3) is 11.5 Å². The molecule has 1 aliphatic heterocycles. The molecule has 0 N–H and O–H groups in total. The van der Waals surface area contributed by atoms with Crippen molar-refractivity contribution in [2.75, 3.05) is 40.4 Å². The normalized spacial score (nSPS) is 31.8. The number of aryl methyl sites for hydroxylation is 1. The van der Waals surface area contributed by atoms with E-state index in [9.17, 15) is 0 Å². The predicted octanol–water partition coefficient (Wildman–Crippen LogP) is 4.61. The highest BCUT2D eigenvalue weighted by Gasteiger charge is 2.50. The van der Waals surface area contributed by atoms with E-state index in [0.29, 0.717) is 5.89 Å². The molecule has 0 spiro atoms. The van der Waals surface area contributed by atoms with Gasteiger partial charge >= 0.3 is 0 Å². The van der Waals surface area contributed by atoms with Crippen LogP contribution in [-0.4, -0.2) is 61.2 Å². The summed E-state index contributed by atoms with van der Waals surface area (Å²) in [6.07, 6.45) is 7.56. The van der Waals surface area contributed by atoms with E-state index in [2.05, 4.69) is 9.80 Å². The maximum atomic E-state index is 6.08. The molecule has 5 fully saturated rings. The maximum absolute atomic E-state index is 6.08. The molecule has 4 bridgehead atoms. The molecule has 1 aromatic carbocycles. The summed E-state index contributed by atoms with van der Waals surface area (Å²) in [6, 6.07) is 6.58. The molecule has 6 heteroatoms. The Morgan fingerprint density at radius 3 is 2.27 bits per heavy atom. The molecule has 178 valence electrons. The first-order valence-electron chi connectivity index (χ1n) is 12.8. The molecule has 1 saturated heterocycles. The Kier molecular flexibility index (Phi) is 5.61. The van der Waals surface area contributed by atoms with Gasteiger partial charge < -0.3 is 13.9 Å². The number of oxazole rings is 1. The summed E-state index contributed by atoms with van der Waals surface area (Å²) in [4.78, 5) is 10.3. The Morgan fingerprint density at radius 1 is 0.939 bits per heavy atom. The van der Waals surface area contributed by atoms with Crippen molar-refractivity contribution in [3.63, 3.8) is 0 Å². The van der Waals surface area contributed by atoms with Crippen LogP contribution in [0.1, 0.15) is 43.6 Å². The van der Waals surface area contributed by atoms with Gasteiger partial charge in [0.1, 0.15) is 17.3 Å². The average molecular weight is 452 g/mol. The second-order valence-electron chi connectivity index (χ2n) is 10.8. The highest BCUT2D eigenvalue weighted by atomic mass is 16.5. The van der Waals surface area contributed by atoms with E-state index >= 15 is 0 Å². The fraction of sp³-hybridized carbons (Fsp3) is 0.667. The van der Waals surface area contributed by atoms with Gasteiger partial charge in [-0.05, 0) is 80.9 Å². The molecule has 6 nitrogen and oxygen atoms in total. The van der Waals surface area contributed by atoms with E-state index in [1.54, 1.807) is 14.2 Å². The van der Waals surface area contributed by atoms with Crippen molar-refractivity contribution in [3.8, 4) is 23.0 Å². The molecular formula is C27H37N3O3. The SMILES string of the molecule is COc1ccc(OC)c(-c2nc(CN3CCN(C4C5CC6CC(C5)CC4C6)CC3)c(C)o2)c1. The average Bonchev–Trinajstić information content (AvgIpc) is 3.19. The first-order chi connectivity index (χ1) is 16.1. The number of rotatable bonds is 6. The van der Waals surface area contributed by atoms with E-state index in [4.69, 9.17) is 18.9 Å². The number of ether oxygens (including phenoxy) is 2. The zero-order chi connectivity index (χ0) is 22.5. The minimum Gasteiger partial charge on any atom is -0.497 e. The Bertz CT molecular complexity index is 966. The van der Waals surface area contributed by atoms with E-state index in [1.165, 1.54) is 45.2 Å². The van der Waals surface area contributed by atoms with Gasteiger partial charge in [-0.25, -0.2) is 4.98 Å². The lowest BCUT2D eigenvalue weighted by atomic mass is 9.54. The number of benzene rings is 1. The molecule has 1 aromatic heterocycles. The lowest BCUT2D eigenvalue weighted by molar-refractivity contribution is -0.0769. The Labute approximate surface area is 197 Å². The quantitative estimate of drug-likeness (QED) is 0.639. The minimum absolute atomic E-state index is 0.602. The van der Waals surface area contributed by atoms with Crippen LogP contribution in [0.5, 0.6) is 11.5 Å². The first-order valence-corrected chi connectivity index (χ1v) is 12.8. The second-order valence-corrected chi connectivity index (χ2v) is 10.8. The summed E-state index contributed by atoms with van der Waals surface area (Å²) < 4.78 is 17.0. The van der Waals surface area contributed by atoms with Crippen LogP contribution < -0.4 is 9.47 Å². The molecule has 0 radical (unpaired) electrons. The molecule has 4 saturated carbocycles. The second kappa shape index (κ2) is 8.62. The van der Waals surface area contributed by atoms with Crippen molar-refractivity contribution in [1.29, 1.82) is 0 Å². The highest BCUT2D eigenvalue weighted by molar-refractivity contribution is 5.65. The maximum Gasteiger partial charge on any atom is 0.230 e. The van der Waals surface area contributed by atoms with Gasteiger partial charge in [-0.2, -0.15) is 0 Å². The van der Waals surface area contributed by atoms with Gasteiger partial charge in [0.25, 0.3) is 0 Å². The molecule has 33 heavy (non-hydrogen) atoms. The predicted molar refractivity (Wildman–Crippen MR) is 127 cm³/mol. The number of piperazine rings is 1. The standard InChI is InChI=1S/C27H37N3O3/c1-17-24(28-27(33-17)23-15-22(31-2)4-5-25(23)32-3)16-29-6-8-30(9-7-29)26-20-11-18-10-19(13-20)14-21(26)12-18/h4-5,15,18-21,26H,6-14,16H2,1-3H3. The fourth-order valence-corrected chi connectivity index (χ4v) is 7.60. The highest BCUT2D eigenvalue weighted by Crippen LogP contribution is 2.55. The summed E-state index contributed by atoms with van der Waals surface area (Å²) in [6.45, 7) is 7.49. The van der Waals surface area contributed by atoms with Gasteiger partial charge in [-0.3, -0.25) is 9.80 Å². The van der Waals surface area contributed by atoms with Crippen molar-refractivity contribution < 1.29 is 13.9 Å². The molecular weight excluding hydrogens is 414 g/mol. The molecule has 0 amide bonds. The topological polar surface area (TPSA) is 51.0 Å². The Hall–Kier alpha value is -2.05. The van der Waals surface area contributed by atoms with Gasteiger partial charge in [-0.15, -0.1) is 0 Å². The van der Waals surface area contributed by atoms with Gasteiger partial charge in [-0.1, -0.05) is 0 Å². The molecule has 5 aliphatic rings. The van der Waals surface area contributed by atoms with Crippen molar-refractivity contribution in [2.45, 2.75) is 51.6 Å².